The van der Waals surface area contributed by atoms with Gasteiger partial charge in [-0.2, -0.15) is 5.26 Å². The van der Waals surface area contributed by atoms with Crippen LogP contribution in [0.3, 0.4) is 0 Å². The van der Waals surface area contributed by atoms with Crippen LogP contribution in [0.25, 0.3) is 16.6 Å². The average Bonchev–Trinajstić information content (AvgIpc) is 2.58. The molecule has 0 unspecified atom stereocenters. The molecule has 2 aromatic heterocycles. The number of nitrogens with two attached hydrogens (primary N) is 1. The molecule has 6 nitrogen and oxygen atoms in total. The molecule has 2 N–H and O–H groups in total. The predicted molar refractivity (Wildman–Crippen MR) is 97.5 cm³/mol. The molecule has 126 valence electrons. The predicted octanol–water partition coefficient (Wildman–Crippen LogP) is 3.12. The van der Waals surface area contributed by atoms with E-state index < -0.39 is 5.56 Å². The van der Waals surface area contributed by atoms with Gasteiger partial charge >= 0.3 is 0 Å². The Morgan fingerprint density at radius 3 is 2.68 bits per heavy atom. The van der Waals surface area contributed by atoms with Crippen molar-refractivity contribution in [1.82, 2.24) is 9.55 Å². The molecule has 2 heterocycles. The number of aryl methyl sites for hydroxylation is 1. The maximum absolute atomic E-state index is 13.2. The second kappa shape index (κ2) is 6.11. The SMILES string of the molecule is COc1ccc(C)c(-n2c(N)c(C#N)c3nccc(Cl)c3c2=O)c1C. The second-order valence-corrected chi connectivity index (χ2v) is 5.99. The molecule has 0 fully saturated rings. The topological polar surface area (TPSA) is 93.9 Å². The van der Waals surface area contributed by atoms with Crippen LogP contribution in [0.5, 0.6) is 5.75 Å². The number of aromatic nitrogens is 2. The number of halogens is 1. The van der Waals surface area contributed by atoms with E-state index in [9.17, 15) is 10.1 Å². The number of hydrogen-bond acceptors (Lipinski definition) is 5. The zero-order valence-corrected chi connectivity index (χ0v) is 14.7. The van der Waals surface area contributed by atoms with Crippen molar-refractivity contribution >= 4 is 28.3 Å². The van der Waals surface area contributed by atoms with Crippen molar-refractivity contribution in [3.05, 3.63) is 56.5 Å². The number of nitrogens with zero attached hydrogens (tertiary/aromatic N) is 3. The molecule has 0 amide bonds. The van der Waals surface area contributed by atoms with Gasteiger partial charge in [0.25, 0.3) is 5.56 Å². The van der Waals surface area contributed by atoms with Crippen molar-refractivity contribution in [2.75, 3.05) is 12.8 Å². The highest BCUT2D eigenvalue weighted by atomic mass is 35.5. The first kappa shape index (κ1) is 16.8. The van der Waals surface area contributed by atoms with Crippen molar-refractivity contribution in [3.8, 4) is 17.5 Å². The Balaban J connectivity index is 2.59. The minimum absolute atomic E-state index is 0.0224. The number of anilines is 1. The lowest BCUT2D eigenvalue weighted by Gasteiger charge is -2.19. The highest BCUT2D eigenvalue weighted by Crippen LogP contribution is 2.31. The van der Waals surface area contributed by atoms with Crippen LogP contribution in [-0.2, 0) is 0 Å². The number of hydrogen-bond donors (Lipinski definition) is 1. The molecule has 0 spiro atoms. The number of fused-ring (bicyclic) bond motifs is 1. The first-order valence-corrected chi connectivity index (χ1v) is 7.83. The van der Waals surface area contributed by atoms with Gasteiger partial charge in [-0.15, -0.1) is 0 Å². The molecule has 25 heavy (non-hydrogen) atoms. The van der Waals surface area contributed by atoms with Crippen LogP contribution in [0.1, 0.15) is 16.7 Å². The molecule has 7 heteroatoms. The molecule has 0 saturated heterocycles. The van der Waals surface area contributed by atoms with Crippen molar-refractivity contribution in [3.63, 3.8) is 0 Å². The van der Waals surface area contributed by atoms with Gasteiger partial charge in [0.05, 0.1) is 28.7 Å². The number of ether oxygens (including phenoxy) is 1. The molecular weight excluding hydrogens is 340 g/mol. The maximum atomic E-state index is 13.2. The summed E-state index contributed by atoms with van der Waals surface area (Å²) in [6.07, 6.45) is 1.44. The molecule has 0 aliphatic rings. The van der Waals surface area contributed by atoms with Crippen LogP contribution < -0.4 is 16.0 Å². The quantitative estimate of drug-likeness (QED) is 0.763. The molecule has 0 atom stereocenters. The minimum atomic E-state index is -0.427. The van der Waals surface area contributed by atoms with Crippen molar-refractivity contribution in [2.24, 2.45) is 0 Å². The summed E-state index contributed by atoms with van der Waals surface area (Å²) in [5, 5.41) is 9.94. The van der Waals surface area contributed by atoms with E-state index in [1.807, 2.05) is 32.0 Å². The third-order valence-electron chi connectivity index (χ3n) is 4.19. The minimum Gasteiger partial charge on any atom is -0.496 e. The van der Waals surface area contributed by atoms with Gasteiger partial charge in [0.1, 0.15) is 23.2 Å². The van der Waals surface area contributed by atoms with Gasteiger partial charge in [-0.1, -0.05) is 17.7 Å². The lowest BCUT2D eigenvalue weighted by molar-refractivity contribution is 0.411. The average molecular weight is 355 g/mol. The molecule has 0 aliphatic carbocycles. The monoisotopic (exact) mass is 354 g/mol. The molecular formula is C18H15ClN4O2. The summed E-state index contributed by atoms with van der Waals surface area (Å²) in [6, 6.07) is 7.19. The van der Waals surface area contributed by atoms with E-state index in [4.69, 9.17) is 22.1 Å². The fraction of sp³-hybridized carbons (Fsp3) is 0.167. The third-order valence-corrected chi connectivity index (χ3v) is 4.50. The van der Waals surface area contributed by atoms with Crippen LogP contribution in [0.2, 0.25) is 5.02 Å². The van der Waals surface area contributed by atoms with Gasteiger partial charge in [0, 0.05) is 11.8 Å². The summed E-state index contributed by atoms with van der Waals surface area (Å²) in [5.41, 5.74) is 8.19. The van der Waals surface area contributed by atoms with Crippen LogP contribution in [0, 0.1) is 25.2 Å². The highest BCUT2D eigenvalue weighted by Gasteiger charge is 2.21. The second-order valence-electron chi connectivity index (χ2n) is 5.59. The Morgan fingerprint density at radius 2 is 2.04 bits per heavy atom. The molecule has 0 radical (unpaired) electrons. The van der Waals surface area contributed by atoms with Crippen molar-refractivity contribution in [2.45, 2.75) is 13.8 Å². The van der Waals surface area contributed by atoms with E-state index in [1.165, 1.54) is 16.8 Å². The Hall–Kier alpha value is -3.04. The molecule has 3 rings (SSSR count). The van der Waals surface area contributed by atoms with Gasteiger partial charge in [-0.3, -0.25) is 14.3 Å². The molecule has 3 aromatic rings. The zero-order valence-electron chi connectivity index (χ0n) is 13.9. The van der Waals surface area contributed by atoms with Gasteiger partial charge in [0.15, 0.2) is 0 Å². The van der Waals surface area contributed by atoms with E-state index in [1.54, 1.807) is 7.11 Å². The third kappa shape index (κ3) is 2.41. The lowest BCUT2D eigenvalue weighted by Crippen LogP contribution is -2.25. The fourth-order valence-corrected chi connectivity index (χ4v) is 3.23. The van der Waals surface area contributed by atoms with E-state index in [0.29, 0.717) is 11.4 Å². The maximum Gasteiger partial charge on any atom is 0.267 e. The normalized spacial score (nSPS) is 10.7. The summed E-state index contributed by atoms with van der Waals surface area (Å²) in [4.78, 5) is 17.3. The Bertz CT molecular complexity index is 1110. The number of nitrogen functional groups attached to an aromatic ring is 1. The number of pyridine rings is 2. The molecule has 1 aromatic carbocycles. The number of benzene rings is 1. The van der Waals surface area contributed by atoms with Gasteiger partial charge in [0.2, 0.25) is 0 Å². The van der Waals surface area contributed by atoms with E-state index >= 15 is 0 Å². The Morgan fingerprint density at radius 1 is 1.32 bits per heavy atom. The number of rotatable bonds is 2. The van der Waals surface area contributed by atoms with E-state index in [0.717, 1.165) is 11.1 Å². The van der Waals surface area contributed by atoms with Gasteiger partial charge < -0.3 is 10.5 Å². The smallest absolute Gasteiger partial charge is 0.267 e. The molecule has 0 saturated carbocycles. The molecule has 0 aliphatic heterocycles. The first-order valence-electron chi connectivity index (χ1n) is 7.45. The highest BCUT2D eigenvalue weighted by molar-refractivity contribution is 6.35. The summed E-state index contributed by atoms with van der Waals surface area (Å²) >= 11 is 6.21. The summed E-state index contributed by atoms with van der Waals surface area (Å²) in [7, 11) is 1.55. The first-order chi connectivity index (χ1) is 11.9. The summed E-state index contributed by atoms with van der Waals surface area (Å²) < 4.78 is 6.66. The summed E-state index contributed by atoms with van der Waals surface area (Å²) in [6.45, 7) is 3.68. The van der Waals surface area contributed by atoms with Crippen LogP contribution in [0.15, 0.2) is 29.2 Å². The van der Waals surface area contributed by atoms with E-state index in [2.05, 4.69) is 4.98 Å². The van der Waals surface area contributed by atoms with Crippen LogP contribution >= 0.6 is 11.6 Å². The van der Waals surface area contributed by atoms with Crippen molar-refractivity contribution in [1.29, 1.82) is 5.26 Å². The van der Waals surface area contributed by atoms with Gasteiger partial charge in [-0.25, -0.2) is 0 Å². The number of nitriles is 1. The fourth-order valence-electron chi connectivity index (χ4n) is 3.00. The lowest BCUT2D eigenvalue weighted by atomic mass is 10.1. The van der Waals surface area contributed by atoms with Crippen LogP contribution in [0.4, 0.5) is 5.82 Å². The van der Waals surface area contributed by atoms with Gasteiger partial charge in [-0.05, 0) is 31.5 Å². The molecule has 0 bridgehead atoms. The number of methoxy groups -OCH3 is 1. The summed E-state index contributed by atoms with van der Waals surface area (Å²) in [5.74, 6) is 0.636. The largest absolute Gasteiger partial charge is 0.496 e. The standard InChI is InChI=1S/C18H15ClN4O2/c1-9-4-5-13(25-3)10(2)16(9)23-17(21)11(8-20)15-14(18(23)24)12(19)6-7-22-15/h4-7H,21H2,1-3H3. The Kier molecular flexibility index (Phi) is 4.11. The Labute approximate surface area is 149 Å². The van der Waals surface area contributed by atoms with Crippen LogP contribution in [-0.4, -0.2) is 16.7 Å². The van der Waals surface area contributed by atoms with E-state index in [-0.39, 0.29) is 27.3 Å². The zero-order chi connectivity index (χ0) is 18.3. The van der Waals surface area contributed by atoms with Crippen molar-refractivity contribution < 1.29 is 4.74 Å².